The second-order valence-corrected chi connectivity index (χ2v) is 6.10. The van der Waals surface area contributed by atoms with Crippen molar-refractivity contribution in [1.82, 2.24) is 5.32 Å². The highest BCUT2D eigenvalue weighted by Crippen LogP contribution is 2.36. The molecule has 0 aliphatic heterocycles. The van der Waals surface area contributed by atoms with Gasteiger partial charge < -0.3 is 5.32 Å². The molecule has 1 rings (SSSR count). The summed E-state index contributed by atoms with van der Waals surface area (Å²) in [5.74, 6) is 1.37. The van der Waals surface area contributed by atoms with Crippen molar-refractivity contribution in [1.29, 1.82) is 0 Å². The normalized spacial score (nSPS) is 18.7. The van der Waals surface area contributed by atoms with Crippen LogP contribution in [0.25, 0.3) is 0 Å². The predicted octanol–water partition coefficient (Wildman–Crippen LogP) is 2.98. The van der Waals surface area contributed by atoms with E-state index in [0.717, 1.165) is 18.8 Å². The van der Waals surface area contributed by atoms with Gasteiger partial charge in [0.05, 0.1) is 0 Å². The quantitative estimate of drug-likeness (QED) is 0.744. The molecule has 1 aliphatic carbocycles. The van der Waals surface area contributed by atoms with Crippen LogP contribution in [0.15, 0.2) is 0 Å². The largest absolute Gasteiger partial charge is 0.359 e. The molecule has 1 amide bonds. The van der Waals surface area contributed by atoms with Crippen LogP contribution in [-0.4, -0.2) is 13.0 Å². The maximum absolute atomic E-state index is 11.7. The summed E-state index contributed by atoms with van der Waals surface area (Å²) in [5.41, 5.74) is 0.251. The third-order valence-corrected chi connectivity index (χ3v) is 3.10. The molecule has 1 saturated carbocycles. The zero-order chi connectivity index (χ0) is 11.5. The van der Waals surface area contributed by atoms with Crippen LogP contribution in [0, 0.1) is 17.3 Å². The van der Waals surface area contributed by atoms with E-state index in [1.54, 1.807) is 7.05 Å². The molecule has 0 aromatic heterocycles. The number of hydrogen-bond donors (Lipinski definition) is 1. The molecule has 88 valence electrons. The van der Waals surface area contributed by atoms with Crippen molar-refractivity contribution in [3.8, 4) is 0 Å². The summed E-state index contributed by atoms with van der Waals surface area (Å²) in [5, 5.41) is 2.79. The summed E-state index contributed by atoms with van der Waals surface area (Å²) in [7, 11) is 1.75. The fourth-order valence-electron chi connectivity index (χ4n) is 2.11. The lowest BCUT2D eigenvalue weighted by Gasteiger charge is -2.24. The van der Waals surface area contributed by atoms with Gasteiger partial charge in [0.15, 0.2) is 0 Å². The molecule has 0 saturated heterocycles. The average Bonchev–Trinajstić information content (AvgIpc) is 2.92. The van der Waals surface area contributed by atoms with E-state index in [4.69, 9.17) is 0 Å². The molecule has 0 aromatic rings. The first-order valence-electron chi connectivity index (χ1n) is 6.14. The van der Waals surface area contributed by atoms with E-state index in [-0.39, 0.29) is 17.2 Å². The Morgan fingerprint density at radius 1 is 1.40 bits per heavy atom. The molecule has 0 aromatic carbocycles. The molecule has 0 heterocycles. The number of nitrogens with one attached hydrogen (secondary N) is 1. The molecular formula is C13H25NO. The number of hydrogen-bond acceptors (Lipinski definition) is 1. The summed E-state index contributed by atoms with van der Waals surface area (Å²) in [6, 6.07) is 0. The Kier molecular flexibility index (Phi) is 4.18. The minimum atomic E-state index is 0.218. The maximum Gasteiger partial charge on any atom is 0.222 e. The first-order valence-corrected chi connectivity index (χ1v) is 6.14. The third-order valence-electron chi connectivity index (χ3n) is 3.10. The molecule has 1 fully saturated rings. The van der Waals surface area contributed by atoms with E-state index in [0.29, 0.717) is 0 Å². The number of carbonyl (C=O) groups excluding carboxylic acids is 1. The fraction of sp³-hybridized carbons (Fsp3) is 0.923. The lowest BCUT2D eigenvalue weighted by Crippen LogP contribution is -2.30. The van der Waals surface area contributed by atoms with Crippen LogP contribution in [0.2, 0.25) is 0 Å². The SMILES string of the molecule is CNC(=O)C(CCC1CC1)CC(C)(C)C. The van der Waals surface area contributed by atoms with Gasteiger partial charge in [-0.1, -0.05) is 33.6 Å². The second kappa shape index (κ2) is 5.00. The third kappa shape index (κ3) is 5.19. The summed E-state index contributed by atoms with van der Waals surface area (Å²) in [6.45, 7) is 6.63. The number of rotatable bonds is 5. The number of carbonyl (C=O) groups is 1. The molecule has 2 heteroatoms. The maximum atomic E-state index is 11.7. The Hall–Kier alpha value is -0.530. The highest BCUT2D eigenvalue weighted by molar-refractivity contribution is 5.78. The number of amides is 1. The highest BCUT2D eigenvalue weighted by Gasteiger charge is 2.27. The molecule has 2 nitrogen and oxygen atoms in total. The van der Waals surface area contributed by atoms with Gasteiger partial charge in [-0.2, -0.15) is 0 Å². The van der Waals surface area contributed by atoms with Crippen molar-refractivity contribution in [2.24, 2.45) is 17.3 Å². The van der Waals surface area contributed by atoms with E-state index in [1.807, 2.05) is 0 Å². The van der Waals surface area contributed by atoms with E-state index < -0.39 is 0 Å². The Labute approximate surface area is 93.8 Å². The van der Waals surface area contributed by atoms with Crippen molar-refractivity contribution >= 4 is 5.91 Å². The van der Waals surface area contributed by atoms with Crippen LogP contribution in [0.3, 0.4) is 0 Å². The van der Waals surface area contributed by atoms with Gasteiger partial charge in [0, 0.05) is 13.0 Å². The van der Waals surface area contributed by atoms with Gasteiger partial charge in [0.1, 0.15) is 0 Å². The summed E-state index contributed by atoms with van der Waals surface area (Å²) < 4.78 is 0. The van der Waals surface area contributed by atoms with Gasteiger partial charge in [-0.25, -0.2) is 0 Å². The topological polar surface area (TPSA) is 29.1 Å². The first kappa shape index (κ1) is 12.5. The molecule has 0 radical (unpaired) electrons. The second-order valence-electron chi connectivity index (χ2n) is 6.10. The monoisotopic (exact) mass is 211 g/mol. The zero-order valence-corrected chi connectivity index (χ0v) is 10.6. The fourth-order valence-corrected chi connectivity index (χ4v) is 2.11. The molecule has 1 unspecified atom stereocenters. The van der Waals surface area contributed by atoms with Gasteiger partial charge in [-0.3, -0.25) is 4.79 Å². The van der Waals surface area contributed by atoms with Crippen molar-refractivity contribution in [3.05, 3.63) is 0 Å². The van der Waals surface area contributed by atoms with Gasteiger partial charge >= 0.3 is 0 Å². The van der Waals surface area contributed by atoms with Crippen LogP contribution in [0.4, 0.5) is 0 Å². The molecule has 15 heavy (non-hydrogen) atoms. The van der Waals surface area contributed by atoms with Gasteiger partial charge in [0.25, 0.3) is 0 Å². The van der Waals surface area contributed by atoms with Crippen molar-refractivity contribution < 1.29 is 4.79 Å². The van der Waals surface area contributed by atoms with E-state index in [9.17, 15) is 4.79 Å². The summed E-state index contributed by atoms with van der Waals surface area (Å²) in [4.78, 5) is 11.7. The van der Waals surface area contributed by atoms with E-state index >= 15 is 0 Å². The van der Waals surface area contributed by atoms with E-state index in [1.165, 1.54) is 19.3 Å². The average molecular weight is 211 g/mol. The smallest absolute Gasteiger partial charge is 0.222 e. The molecule has 0 spiro atoms. The van der Waals surface area contributed by atoms with Crippen LogP contribution < -0.4 is 5.32 Å². The molecule has 0 bridgehead atoms. The van der Waals surface area contributed by atoms with Crippen molar-refractivity contribution in [2.75, 3.05) is 7.05 Å². The lowest BCUT2D eigenvalue weighted by molar-refractivity contribution is -0.125. The van der Waals surface area contributed by atoms with Crippen LogP contribution >= 0.6 is 0 Å². The Balaban J connectivity index is 2.39. The molecular weight excluding hydrogens is 186 g/mol. The standard InChI is InChI=1S/C13H25NO/c1-13(2,3)9-11(12(15)14-4)8-7-10-5-6-10/h10-11H,5-9H2,1-4H3,(H,14,15). The molecule has 1 atom stereocenters. The lowest BCUT2D eigenvalue weighted by atomic mass is 9.82. The van der Waals surface area contributed by atoms with Crippen LogP contribution in [0.1, 0.15) is 52.9 Å². The first-order chi connectivity index (χ1) is 6.92. The Bertz CT molecular complexity index is 213. The van der Waals surface area contributed by atoms with Crippen LogP contribution in [0.5, 0.6) is 0 Å². The minimum absolute atomic E-state index is 0.218. The van der Waals surface area contributed by atoms with E-state index in [2.05, 4.69) is 26.1 Å². The van der Waals surface area contributed by atoms with Gasteiger partial charge in [-0.05, 0) is 30.6 Å². The van der Waals surface area contributed by atoms with Gasteiger partial charge in [-0.15, -0.1) is 0 Å². The minimum Gasteiger partial charge on any atom is -0.359 e. The predicted molar refractivity (Wildman–Crippen MR) is 63.6 cm³/mol. The van der Waals surface area contributed by atoms with Gasteiger partial charge in [0.2, 0.25) is 5.91 Å². The summed E-state index contributed by atoms with van der Waals surface area (Å²) >= 11 is 0. The zero-order valence-electron chi connectivity index (χ0n) is 10.6. The highest BCUT2D eigenvalue weighted by atomic mass is 16.1. The summed E-state index contributed by atoms with van der Waals surface area (Å²) in [6.07, 6.45) is 6.08. The Morgan fingerprint density at radius 3 is 2.40 bits per heavy atom. The molecule has 1 N–H and O–H groups in total. The van der Waals surface area contributed by atoms with Crippen molar-refractivity contribution in [2.45, 2.75) is 52.9 Å². The van der Waals surface area contributed by atoms with Crippen LogP contribution in [-0.2, 0) is 4.79 Å². The van der Waals surface area contributed by atoms with Crippen molar-refractivity contribution in [3.63, 3.8) is 0 Å². The Morgan fingerprint density at radius 2 is 2.00 bits per heavy atom. The molecule has 1 aliphatic rings.